The van der Waals surface area contributed by atoms with E-state index in [0.717, 1.165) is 0 Å². The molecule has 10 atom stereocenters. The van der Waals surface area contributed by atoms with Crippen LogP contribution in [0.1, 0.15) is 6.42 Å². The van der Waals surface area contributed by atoms with Gasteiger partial charge in [0.05, 0.1) is 43.0 Å². The number of rotatable bonds is 7. The predicted octanol–water partition coefficient (Wildman–Crippen LogP) is 0.291. The summed E-state index contributed by atoms with van der Waals surface area (Å²) >= 11 is 0. The molecule has 0 spiro atoms. The maximum Gasteiger partial charge on any atom is 0.169 e. The molecule has 162 valence electrons. The highest BCUT2D eigenvalue weighted by Crippen LogP contribution is 2.32. The zero-order valence-electron chi connectivity index (χ0n) is 15.2. The van der Waals surface area contributed by atoms with Gasteiger partial charge in [-0.15, -0.1) is 0 Å². The normalized spacial score (nSPS) is 40.7. The summed E-state index contributed by atoms with van der Waals surface area (Å²) in [7, 11) is 0. The topological polar surface area (TPSA) is 294 Å². The highest BCUT2D eigenvalue weighted by atomic mass is 16.7. The van der Waals surface area contributed by atoms with Crippen LogP contribution in [-0.4, -0.2) is 88.0 Å². The number of aliphatic hydroxyl groups is 4. The third kappa shape index (κ3) is 4.94. The molecule has 1 aliphatic carbocycles. The summed E-state index contributed by atoms with van der Waals surface area (Å²) in [5.74, 6) is 0. The van der Waals surface area contributed by atoms with Crippen LogP contribution in [0.4, 0.5) is 0 Å². The molecule has 1 heterocycles. The van der Waals surface area contributed by atoms with E-state index >= 15 is 0 Å². The van der Waals surface area contributed by atoms with E-state index in [0.29, 0.717) is 0 Å². The minimum atomic E-state index is -1.71. The average Bonchev–Trinajstić information content (AvgIpc) is 2.73. The summed E-state index contributed by atoms with van der Waals surface area (Å²) in [4.78, 5) is 10.3. The van der Waals surface area contributed by atoms with Gasteiger partial charge >= 0.3 is 0 Å². The summed E-state index contributed by atoms with van der Waals surface area (Å²) in [5.41, 5.74) is 34.6. The molecule has 2 aliphatic rings. The van der Waals surface area contributed by atoms with Gasteiger partial charge in [-0.05, 0) is 28.5 Å². The minimum absolute atomic E-state index is 0.177. The summed E-state index contributed by atoms with van der Waals surface area (Å²) in [6, 6.07) is -3.72. The van der Waals surface area contributed by atoms with Crippen molar-refractivity contribution in [2.75, 3.05) is 6.54 Å². The zero-order valence-corrected chi connectivity index (χ0v) is 15.2. The highest BCUT2D eigenvalue weighted by molar-refractivity contribution is 5.02. The Bertz CT molecular complexity index is 802. The SMILES string of the molecule is [N-]=[N+]=NC[C@H]1O[C@H](O[C@H]2[C@H](O)[C@@H](O)[C@H](N=[N+]=[N-])C[C@@H]2N=[N+]=[N-])[C@H](N=[N+]=[N-])[C@@H](O)[C@@H]1O. The van der Waals surface area contributed by atoms with Crippen molar-refractivity contribution in [2.24, 2.45) is 20.5 Å². The van der Waals surface area contributed by atoms with E-state index in [1.54, 1.807) is 0 Å². The number of nitrogens with zero attached hydrogens (tertiary/aromatic N) is 12. The first kappa shape index (κ1) is 23.3. The van der Waals surface area contributed by atoms with Crippen LogP contribution in [0.15, 0.2) is 20.5 Å². The van der Waals surface area contributed by atoms with Gasteiger partial charge in [0.25, 0.3) is 0 Å². The molecular formula is C12H18N12O6. The van der Waals surface area contributed by atoms with Crippen LogP contribution >= 0.6 is 0 Å². The van der Waals surface area contributed by atoms with E-state index in [1.165, 1.54) is 0 Å². The van der Waals surface area contributed by atoms with Crippen LogP contribution in [0, 0.1) is 0 Å². The number of hydrogen-bond donors (Lipinski definition) is 4. The van der Waals surface area contributed by atoms with E-state index in [2.05, 4.69) is 40.1 Å². The van der Waals surface area contributed by atoms with Crippen LogP contribution in [0.3, 0.4) is 0 Å². The lowest BCUT2D eigenvalue weighted by molar-refractivity contribution is -0.287. The molecule has 0 amide bonds. The molecule has 2 rings (SSSR count). The molecule has 0 aromatic carbocycles. The summed E-state index contributed by atoms with van der Waals surface area (Å²) in [6.07, 6.45) is -11.0. The predicted molar refractivity (Wildman–Crippen MR) is 95.0 cm³/mol. The Kier molecular flexibility index (Phi) is 8.29. The molecule has 0 bridgehead atoms. The van der Waals surface area contributed by atoms with Gasteiger partial charge in [0.2, 0.25) is 0 Å². The Hall–Kier alpha value is -3.00. The van der Waals surface area contributed by atoms with Crippen molar-refractivity contribution in [3.63, 3.8) is 0 Å². The minimum Gasteiger partial charge on any atom is -0.390 e. The molecule has 18 heteroatoms. The molecular weight excluding hydrogens is 408 g/mol. The van der Waals surface area contributed by atoms with E-state index in [4.69, 9.17) is 31.6 Å². The zero-order chi connectivity index (χ0) is 22.3. The lowest BCUT2D eigenvalue weighted by Gasteiger charge is -2.45. The molecule has 0 aromatic heterocycles. The van der Waals surface area contributed by atoms with Gasteiger partial charge in [0.1, 0.15) is 18.2 Å². The third-order valence-corrected chi connectivity index (χ3v) is 4.81. The molecule has 30 heavy (non-hydrogen) atoms. The lowest BCUT2D eigenvalue weighted by Crippen LogP contribution is -2.62. The van der Waals surface area contributed by atoms with E-state index < -0.39 is 67.6 Å². The fourth-order valence-corrected chi connectivity index (χ4v) is 3.34. The first-order chi connectivity index (χ1) is 14.4. The fraction of sp³-hybridized carbons (Fsp3) is 1.00. The smallest absolute Gasteiger partial charge is 0.169 e. The Morgan fingerprint density at radius 1 is 0.800 bits per heavy atom. The summed E-state index contributed by atoms with van der Waals surface area (Å²) in [5, 5.41) is 54.4. The summed E-state index contributed by atoms with van der Waals surface area (Å²) in [6.45, 7) is -0.397. The van der Waals surface area contributed by atoms with Gasteiger partial charge in [-0.2, -0.15) is 0 Å². The maximum atomic E-state index is 10.4. The maximum absolute atomic E-state index is 10.4. The van der Waals surface area contributed by atoms with Gasteiger partial charge in [0.15, 0.2) is 6.29 Å². The van der Waals surface area contributed by atoms with Gasteiger partial charge in [-0.3, -0.25) is 0 Å². The Morgan fingerprint density at radius 2 is 1.43 bits per heavy atom. The van der Waals surface area contributed by atoms with Crippen LogP contribution in [-0.2, 0) is 9.47 Å². The van der Waals surface area contributed by atoms with E-state index in [9.17, 15) is 20.4 Å². The highest BCUT2D eigenvalue weighted by Gasteiger charge is 2.49. The molecule has 1 saturated heterocycles. The van der Waals surface area contributed by atoms with Gasteiger partial charge in [0, 0.05) is 19.6 Å². The average molecular weight is 426 g/mol. The van der Waals surface area contributed by atoms with Gasteiger partial charge in [-0.25, -0.2) is 0 Å². The Morgan fingerprint density at radius 3 is 2.03 bits per heavy atom. The quantitative estimate of drug-likeness (QED) is 0.251. The van der Waals surface area contributed by atoms with Crippen LogP contribution in [0.25, 0.3) is 41.8 Å². The Labute approximate surface area is 167 Å². The lowest BCUT2D eigenvalue weighted by atomic mass is 9.84. The second kappa shape index (κ2) is 10.7. The second-order valence-corrected chi connectivity index (χ2v) is 6.50. The first-order valence-corrected chi connectivity index (χ1v) is 8.56. The van der Waals surface area contributed by atoms with Crippen molar-refractivity contribution in [2.45, 2.75) is 67.5 Å². The van der Waals surface area contributed by atoms with Crippen molar-refractivity contribution < 1.29 is 29.9 Å². The second-order valence-electron chi connectivity index (χ2n) is 6.50. The van der Waals surface area contributed by atoms with E-state index in [-0.39, 0.29) is 6.42 Å². The van der Waals surface area contributed by atoms with Crippen molar-refractivity contribution in [3.8, 4) is 0 Å². The molecule has 1 aliphatic heterocycles. The van der Waals surface area contributed by atoms with Crippen molar-refractivity contribution in [1.29, 1.82) is 0 Å². The summed E-state index contributed by atoms with van der Waals surface area (Å²) < 4.78 is 11.1. The Balaban J connectivity index is 2.33. The van der Waals surface area contributed by atoms with Gasteiger partial charge in [-0.1, -0.05) is 20.5 Å². The molecule has 0 aromatic rings. The monoisotopic (exact) mass is 426 g/mol. The molecule has 0 radical (unpaired) electrons. The number of azide groups is 4. The standard InChI is InChI=1S/C12H18N12O6/c13-21-17-2-5-8(26)9(27)6(20-24-16)12(29-5)30-11-4(19-23-15)1-3(18-22-14)7(25)10(11)28/h3-12,25-28H,1-2H2/t3-,4+,5-,6-,7+,8-,9-,10-,11-,12-/m1/s1. The molecule has 0 unspecified atom stereocenters. The molecule has 4 N–H and O–H groups in total. The van der Waals surface area contributed by atoms with Crippen molar-refractivity contribution in [1.82, 2.24) is 0 Å². The largest absolute Gasteiger partial charge is 0.390 e. The molecule has 2 fully saturated rings. The van der Waals surface area contributed by atoms with Crippen LogP contribution < -0.4 is 0 Å². The van der Waals surface area contributed by atoms with Gasteiger partial charge < -0.3 is 29.9 Å². The van der Waals surface area contributed by atoms with Crippen molar-refractivity contribution in [3.05, 3.63) is 41.8 Å². The van der Waals surface area contributed by atoms with Crippen LogP contribution in [0.5, 0.6) is 0 Å². The number of aliphatic hydroxyl groups excluding tert-OH is 4. The fourth-order valence-electron chi connectivity index (χ4n) is 3.34. The van der Waals surface area contributed by atoms with Crippen molar-refractivity contribution >= 4 is 0 Å². The molecule has 18 nitrogen and oxygen atoms in total. The number of ether oxygens (including phenoxy) is 2. The number of hydrogen-bond acceptors (Lipinski definition) is 10. The third-order valence-electron chi connectivity index (χ3n) is 4.81. The van der Waals surface area contributed by atoms with E-state index in [1.807, 2.05) is 0 Å². The first-order valence-electron chi connectivity index (χ1n) is 8.56. The van der Waals surface area contributed by atoms with Crippen LogP contribution in [0.2, 0.25) is 0 Å². The molecule has 1 saturated carbocycles.